The summed E-state index contributed by atoms with van der Waals surface area (Å²) in [6.45, 7) is 3.09. The number of nitro groups is 1. The molecule has 1 aromatic heterocycles. The maximum atomic E-state index is 13.3. The maximum Gasteiger partial charge on any atom is 0.329 e. The van der Waals surface area contributed by atoms with Crippen molar-refractivity contribution < 1.29 is 24.0 Å². The van der Waals surface area contributed by atoms with Crippen LogP contribution in [0.3, 0.4) is 0 Å². The zero-order chi connectivity index (χ0) is 24.6. The third-order valence-corrected chi connectivity index (χ3v) is 6.51. The molecular formula is C25H27N3O6. The third kappa shape index (κ3) is 3.76. The number of likely N-dealkylation sites (tertiary alicyclic amines) is 1. The summed E-state index contributed by atoms with van der Waals surface area (Å²) in [5, 5.41) is 13.4. The Kier molecular flexibility index (Phi) is 6.28. The van der Waals surface area contributed by atoms with Crippen molar-refractivity contribution in [2.75, 3.05) is 13.7 Å². The van der Waals surface area contributed by atoms with Crippen molar-refractivity contribution in [2.45, 2.75) is 37.9 Å². The number of ether oxygens (including phenoxy) is 2. The van der Waals surface area contributed by atoms with Gasteiger partial charge in [-0.2, -0.15) is 0 Å². The predicted molar refractivity (Wildman–Crippen MR) is 125 cm³/mol. The molecule has 0 radical (unpaired) electrons. The molecule has 1 amide bonds. The van der Waals surface area contributed by atoms with Crippen molar-refractivity contribution in [2.24, 2.45) is 7.05 Å². The molecule has 1 aliphatic rings. The second-order valence-electron chi connectivity index (χ2n) is 8.36. The number of aryl methyl sites for hydroxylation is 1. The molecule has 0 saturated carbocycles. The van der Waals surface area contributed by atoms with E-state index in [1.807, 2.05) is 42.1 Å². The molecule has 3 aromatic rings. The van der Waals surface area contributed by atoms with Gasteiger partial charge in [-0.25, -0.2) is 4.79 Å². The summed E-state index contributed by atoms with van der Waals surface area (Å²) in [5.41, 5.74) is 2.07. The van der Waals surface area contributed by atoms with Gasteiger partial charge in [-0.05, 0) is 36.2 Å². The number of amides is 1. The molecule has 1 aliphatic heterocycles. The van der Waals surface area contributed by atoms with E-state index in [4.69, 9.17) is 9.47 Å². The van der Waals surface area contributed by atoms with Crippen LogP contribution in [-0.4, -0.2) is 52.1 Å². The Bertz CT molecular complexity index is 1240. The van der Waals surface area contributed by atoms with Gasteiger partial charge in [0.05, 0.1) is 19.6 Å². The van der Waals surface area contributed by atoms with Crippen molar-refractivity contribution in [3.8, 4) is 5.75 Å². The van der Waals surface area contributed by atoms with Gasteiger partial charge in [0.1, 0.15) is 17.8 Å². The molecule has 178 valence electrons. The lowest BCUT2D eigenvalue weighted by molar-refractivity contribution is -0.528. The topological polar surface area (TPSA) is 104 Å². The van der Waals surface area contributed by atoms with E-state index in [-0.39, 0.29) is 11.5 Å². The van der Waals surface area contributed by atoms with Gasteiger partial charge in [0.25, 0.3) is 0 Å². The number of methoxy groups -OCH3 is 1. The number of aromatic nitrogens is 1. The number of carbonyl (C=O) groups is 2. The molecule has 4 unspecified atom stereocenters. The van der Waals surface area contributed by atoms with Crippen molar-refractivity contribution in [1.29, 1.82) is 0 Å². The normalized spacial score (nSPS) is 22.1. The number of rotatable bonds is 6. The van der Waals surface area contributed by atoms with Crippen LogP contribution in [0.5, 0.6) is 5.75 Å². The first-order valence-electron chi connectivity index (χ1n) is 11.1. The fraction of sp³-hybridized carbons (Fsp3) is 0.360. The quantitative estimate of drug-likeness (QED) is 0.314. The number of carbonyl (C=O) groups excluding carboxylic acids is 2. The minimum Gasteiger partial charge on any atom is -0.497 e. The first-order valence-corrected chi connectivity index (χ1v) is 11.1. The Labute approximate surface area is 197 Å². The van der Waals surface area contributed by atoms with E-state index in [0.717, 1.165) is 10.9 Å². The Morgan fingerprint density at radius 2 is 1.79 bits per heavy atom. The lowest BCUT2D eigenvalue weighted by Gasteiger charge is -2.28. The minimum atomic E-state index is -1.27. The van der Waals surface area contributed by atoms with Gasteiger partial charge in [0.15, 0.2) is 0 Å². The van der Waals surface area contributed by atoms with Crippen LogP contribution >= 0.6 is 0 Å². The highest BCUT2D eigenvalue weighted by molar-refractivity contribution is 5.90. The van der Waals surface area contributed by atoms with Crippen LogP contribution in [0.15, 0.2) is 54.7 Å². The van der Waals surface area contributed by atoms with Crippen molar-refractivity contribution in [3.63, 3.8) is 0 Å². The summed E-state index contributed by atoms with van der Waals surface area (Å²) in [7, 11) is 3.38. The SMILES string of the molecule is CCOC(=O)C1C(c2cn(C)c3ccccc23)C([N+](=O)[O-])C(c2ccc(OC)cc2)N1C(C)=O. The zero-order valence-corrected chi connectivity index (χ0v) is 19.5. The zero-order valence-electron chi connectivity index (χ0n) is 19.5. The minimum absolute atomic E-state index is 0.0969. The van der Waals surface area contributed by atoms with Crippen LogP contribution in [-0.2, 0) is 21.4 Å². The van der Waals surface area contributed by atoms with Crippen molar-refractivity contribution in [3.05, 3.63) is 76.0 Å². The van der Waals surface area contributed by atoms with Crippen LogP contribution in [0, 0.1) is 10.1 Å². The van der Waals surface area contributed by atoms with E-state index >= 15 is 0 Å². The summed E-state index contributed by atoms with van der Waals surface area (Å²) < 4.78 is 12.4. The van der Waals surface area contributed by atoms with Crippen LogP contribution in [0.25, 0.3) is 10.9 Å². The fourth-order valence-corrected chi connectivity index (χ4v) is 5.17. The van der Waals surface area contributed by atoms with Crippen molar-refractivity contribution in [1.82, 2.24) is 9.47 Å². The standard InChI is InChI=1S/C25H27N3O6/c1-5-34-25(30)24-21(19-14-26(3)20-9-7-6-8-18(19)20)23(28(31)32)22(27(24)15(2)29)16-10-12-17(33-4)13-11-16/h6-14,21-24H,5H2,1-4H3. The molecule has 0 spiro atoms. The highest BCUT2D eigenvalue weighted by Gasteiger charge is 2.61. The van der Waals surface area contributed by atoms with Crippen LogP contribution < -0.4 is 4.74 Å². The summed E-state index contributed by atoms with van der Waals surface area (Å²) >= 11 is 0. The Morgan fingerprint density at radius 3 is 2.38 bits per heavy atom. The fourth-order valence-electron chi connectivity index (χ4n) is 5.17. The van der Waals surface area contributed by atoms with Gasteiger partial charge in [0.2, 0.25) is 11.9 Å². The first-order chi connectivity index (χ1) is 16.3. The first kappa shape index (κ1) is 23.3. The van der Waals surface area contributed by atoms with Gasteiger partial charge in [-0.3, -0.25) is 14.9 Å². The molecule has 0 bridgehead atoms. The number of hydrogen-bond acceptors (Lipinski definition) is 6. The lowest BCUT2D eigenvalue weighted by atomic mass is 9.85. The monoisotopic (exact) mass is 465 g/mol. The average Bonchev–Trinajstić information content (AvgIpc) is 3.35. The molecule has 2 aromatic carbocycles. The number of nitrogens with zero attached hydrogens (tertiary/aromatic N) is 3. The van der Waals surface area contributed by atoms with E-state index in [0.29, 0.717) is 16.9 Å². The highest BCUT2D eigenvalue weighted by Crippen LogP contribution is 2.49. The van der Waals surface area contributed by atoms with Crippen molar-refractivity contribution >= 4 is 22.8 Å². The average molecular weight is 466 g/mol. The molecule has 0 aliphatic carbocycles. The molecule has 0 N–H and O–H groups in total. The summed E-state index contributed by atoms with van der Waals surface area (Å²) in [6, 6.07) is 10.9. The molecule has 34 heavy (non-hydrogen) atoms. The smallest absolute Gasteiger partial charge is 0.329 e. The number of hydrogen-bond donors (Lipinski definition) is 0. The lowest BCUT2D eigenvalue weighted by Crippen LogP contribution is -2.43. The van der Waals surface area contributed by atoms with E-state index < -0.39 is 35.9 Å². The molecular weight excluding hydrogens is 438 g/mol. The second-order valence-corrected chi connectivity index (χ2v) is 8.36. The number of esters is 1. The Hall–Kier alpha value is -3.88. The molecule has 2 heterocycles. The van der Waals surface area contributed by atoms with Crippen LogP contribution in [0.2, 0.25) is 0 Å². The molecule has 9 heteroatoms. The molecule has 9 nitrogen and oxygen atoms in total. The van der Waals surface area contributed by atoms with E-state index in [2.05, 4.69) is 0 Å². The van der Waals surface area contributed by atoms with Crippen LogP contribution in [0.4, 0.5) is 0 Å². The number of benzene rings is 2. The molecule has 4 rings (SSSR count). The van der Waals surface area contributed by atoms with Gasteiger partial charge in [-0.1, -0.05) is 30.3 Å². The van der Waals surface area contributed by atoms with Gasteiger partial charge in [0, 0.05) is 36.0 Å². The van der Waals surface area contributed by atoms with E-state index in [1.54, 1.807) is 31.2 Å². The second kappa shape index (κ2) is 9.17. The maximum absolute atomic E-state index is 13.3. The molecule has 4 atom stereocenters. The van der Waals surface area contributed by atoms with Gasteiger partial charge < -0.3 is 18.9 Å². The van der Waals surface area contributed by atoms with E-state index in [9.17, 15) is 19.7 Å². The number of fused-ring (bicyclic) bond motifs is 1. The van der Waals surface area contributed by atoms with Crippen LogP contribution in [0.1, 0.15) is 36.9 Å². The summed E-state index contributed by atoms with van der Waals surface area (Å²) in [6.07, 6.45) is 1.81. The van der Waals surface area contributed by atoms with E-state index in [1.165, 1.54) is 18.9 Å². The summed E-state index contributed by atoms with van der Waals surface area (Å²) in [4.78, 5) is 39.8. The molecule has 1 fully saturated rings. The molecule has 1 saturated heterocycles. The van der Waals surface area contributed by atoms with Gasteiger partial charge >= 0.3 is 5.97 Å². The predicted octanol–water partition coefficient (Wildman–Crippen LogP) is 3.45. The number of para-hydroxylation sites is 1. The summed E-state index contributed by atoms with van der Waals surface area (Å²) in [5.74, 6) is -1.41. The highest BCUT2D eigenvalue weighted by atomic mass is 16.6. The Morgan fingerprint density at radius 1 is 1.12 bits per heavy atom. The Balaban J connectivity index is 1.98. The van der Waals surface area contributed by atoms with Gasteiger partial charge in [-0.15, -0.1) is 0 Å². The third-order valence-electron chi connectivity index (χ3n) is 6.51. The largest absolute Gasteiger partial charge is 0.497 e.